The lowest BCUT2D eigenvalue weighted by Gasteiger charge is -2.42. The molecule has 1 atom stereocenters. The van der Waals surface area contributed by atoms with Gasteiger partial charge in [0.05, 0.1) is 13.2 Å². The van der Waals surface area contributed by atoms with Crippen molar-refractivity contribution in [1.82, 2.24) is 10.2 Å². The van der Waals surface area contributed by atoms with Crippen molar-refractivity contribution >= 4 is 18.3 Å². The van der Waals surface area contributed by atoms with Crippen molar-refractivity contribution in [2.24, 2.45) is 11.1 Å². The van der Waals surface area contributed by atoms with Crippen LogP contribution in [-0.4, -0.2) is 43.6 Å². The molecule has 136 valence electrons. The summed E-state index contributed by atoms with van der Waals surface area (Å²) in [5.74, 6) is 0.0633. The van der Waals surface area contributed by atoms with Crippen LogP contribution in [0.15, 0.2) is 24.3 Å². The number of ether oxygens (including phenoxy) is 1. The Bertz CT molecular complexity index is 537. The summed E-state index contributed by atoms with van der Waals surface area (Å²) in [5, 5.41) is 3.00. The first-order valence-electron chi connectivity index (χ1n) is 8.22. The van der Waals surface area contributed by atoms with Gasteiger partial charge < -0.3 is 15.8 Å². The van der Waals surface area contributed by atoms with Crippen molar-refractivity contribution in [3.8, 4) is 0 Å². The van der Waals surface area contributed by atoms with Crippen LogP contribution in [0.5, 0.6) is 0 Å². The van der Waals surface area contributed by atoms with Crippen LogP contribution in [0.25, 0.3) is 0 Å². The number of methoxy groups -OCH3 is 1. The van der Waals surface area contributed by atoms with E-state index in [1.165, 1.54) is 0 Å². The average molecular weight is 356 g/mol. The predicted octanol–water partition coefficient (Wildman–Crippen LogP) is 1.93. The lowest BCUT2D eigenvalue weighted by Crippen LogP contribution is -2.54. The molecule has 0 aliphatic carbocycles. The van der Waals surface area contributed by atoms with Crippen molar-refractivity contribution in [3.63, 3.8) is 0 Å². The zero-order valence-electron chi connectivity index (χ0n) is 14.9. The predicted molar refractivity (Wildman–Crippen MR) is 99.1 cm³/mol. The Morgan fingerprint density at radius 2 is 2.12 bits per heavy atom. The molecule has 6 heteroatoms. The number of hydrogen-bond donors (Lipinski definition) is 2. The van der Waals surface area contributed by atoms with Crippen molar-refractivity contribution < 1.29 is 9.53 Å². The maximum Gasteiger partial charge on any atom is 0.234 e. The molecule has 1 fully saturated rings. The Labute approximate surface area is 151 Å². The van der Waals surface area contributed by atoms with Gasteiger partial charge in [0, 0.05) is 32.8 Å². The fourth-order valence-electron chi connectivity index (χ4n) is 3.08. The van der Waals surface area contributed by atoms with E-state index in [9.17, 15) is 4.79 Å². The fourth-order valence-corrected chi connectivity index (χ4v) is 3.08. The van der Waals surface area contributed by atoms with Gasteiger partial charge in [-0.3, -0.25) is 9.69 Å². The molecule has 0 radical (unpaired) electrons. The Balaban J connectivity index is 0.00000288. The Morgan fingerprint density at radius 1 is 1.42 bits per heavy atom. The third-order valence-electron chi connectivity index (χ3n) is 4.55. The summed E-state index contributed by atoms with van der Waals surface area (Å²) in [5.41, 5.74) is 8.41. The third-order valence-corrected chi connectivity index (χ3v) is 4.55. The molecular formula is C18H30ClN3O2. The molecule has 5 nitrogen and oxygen atoms in total. The van der Waals surface area contributed by atoms with Gasteiger partial charge in [0.15, 0.2) is 0 Å². The van der Waals surface area contributed by atoms with Gasteiger partial charge in [0.1, 0.15) is 0 Å². The second kappa shape index (κ2) is 9.37. The molecule has 1 saturated heterocycles. The highest BCUT2D eigenvalue weighted by molar-refractivity contribution is 5.85. The topological polar surface area (TPSA) is 67.6 Å². The molecule has 1 aromatic rings. The summed E-state index contributed by atoms with van der Waals surface area (Å²) in [6.07, 6.45) is 0.944. The molecule has 1 heterocycles. The number of amides is 1. The van der Waals surface area contributed by atoms with E-state index in [2.05, 4.69) is 30.1 Å². The van der Waals surface area contributed by atoms with E-state index in [1.807, 2.05) is 18.2 Å². The largest absolute Gasteiger partial charge is 0.380 e. The van der Waals surface area contributed by atoms with Crippen molar-refractivity contribution in [3.05, 3.63) is 35.4 Å². The number of carbonyl (C=O) groups is 1. The van der Waals surface area contributed by atoms with E-state index >= 15 is 0 Å². The highest BCUT2D eigenvalue weighted by Crippen LogP contribution is 2.27. The molecule has 1 amide bonds. The number of halogens is 1. The van der Waals surface area contributed by atoms with Crippen LogP contribution < -0.4 is 11.1 Å². The molecule has 2 rings (SSSR count). The number of carbonyl (C=O) groups excluding carboxylic acids is 1. The fraction of sp³-hybridized carbons (Fsp3) is 0.611. The van der Waals surface area contributed by atoms with Gasteiger partial charge >= 0.3 is 0 Å². The van der Waals surface area contributed by atoms with E-state index in [0.717, 1.165) is 30.6 Å². The maximum absolute atomic E-state index is 12.2. The van der Waals surface area contributed by atoms with E-state index in [1.54, 1.807) is 7.11 Å². The van der Waals surface area contributed by atoms with Gasteiger partial charge in [0.25, 0.3) is 0 Å². The zero-order chi connectivity index (χ0) is 16.9. The molecule has 0 saturated carbocycles. The van der Waals surface area contributed by atoms with Crippen LogP contribution in [0.2, 0.25) is 0 Å². The highest BCUT2D eigenvalue weighted by atomic mass is 35.5. The lowest BCUT2D eigenvalue weighted by molar-refractivity contribution is -0.123. The normalized spacial score (nSPS) is 20.2. The molecule has 1 aliphatic heterocycles. The van der Waals surface area contributed by atoms with Crippen molar-refractivity contribution in [2.75, 3.05) is 26.7 Å². The van der Waals surface area contributed by atoms with E-state index in [4.69, 9.17) is 10.5 Å². The number of benzene rings is 1. The second-order valence-corrected chi connectivity index (χ2v) is 7.12. The number of nitrogens with two attached hydrogens (primary N) is 1. The maximum atomic E-state index is 12.2. The lowest BCUT2D eigenvalue weighted by atomic mass is 9.80. The third kappa shape index (κ3) is 6.06. The quantitative estimate of drug-likeness (QED) is 0.818. The van der Waals surface area contributed by atoms with Gasteiger partial charge in [-0.25, -0.2) is 0 Å². The zero-order valence-corrected chi connectivity index (χ0v) is 15.7. The van der Waals surface area contributed by atoms with Crippen molar-refractivity contribution in [1.29, 1.82) is 0 Å². The minimum atomic E-state index is 0. The summed E-state index contributed by atoms with van der Waals surface area (Å²) in [4.78, 5) is 14.4. The molecule has 1 unspecified atom stereocenters. The Hall–Kier alpha value is -1.14. The first-order valence-corrected chi connectivity index (χ1v) is 8.22. The first kappa shape index (κ1) is 20.9. The van der Waals surface area contributed by atoms with Crippen LogP contribution >= 0.6 is 12.4 Å². The number of nitrogens with zero attached hydrogens (tertiary/aromatic N) is 1. The molecular weight excluding hydrogens is 326 g/mol. The minimum Gasteiger partial charge on any atom is -0.380 e. The first-order chi connectivity index (χ1) is 10.9. The van der Waals surface area contributed by atoms with Crippen LogP contribution in [0, 0.1) is 5.41 Å². The van der Waals surface area contributed by atoms with Crippen LogP contribution in [0.4, 0.5) is 0 Å². The average Bonchev–Trinajstić information content (AvgIpc) is 2.49. The smallest absolute Gasteiger partial charge is 0.234 e. The van der Waals surface area contributed by atoms with Crippen LogP contribution in [0.1, 0.15) is 31.4 Å². The molecule has 24 heavy (non-hydrogen) atoms. The molecule has 0 bridgehead atoms. The van der Waals surface area contributed by atoms with Gasteiger partial charge in [-0.15, -0.1) is 12.4 Å². The Kier molecular flexibility index (Phi) is 8.16. The molecule has 0 aromatic heterocycles. The minimum absolute atomic E-state index is 0. The highest BCUT2D eigenvalue weighted by Gasteiger charge is 2.33. The molecule has 3 N–H and O–H groups in total. The number of piperidine rings is 1. The van der Waals surface area contributed by atoms with Gasteiger partial charge in [0.2, 0.25) is 5.91 Å². The monoisotopic (exact) mass is 355 g/mol. The van der Waals surface area contributed by atoms with E-state index in [0.29, 0.717) is 19.7 Å². The second-order valence-electron chi connectivity index (χ2n) is 7.12. The number of rotatable bonds is 6. The van der Waals surface area contributed by atoms with Crippen molar-refractivity contribution in [2.45, 2.75) is 39.5 Å². The number of nitrogens with one attached hydrogen (secondary N) is 1. The summed E-state index contributed by atoms with van der Waals surface area (Å²) >= 11 is 0. The standard InChI is InChI=1S/C18H29N3O2.ClH/c1-18(2)13-21(8-7-16(18)19)11-17(22)20-10-14-5-4-6-15(9-14)12-23-3;/h4-6,9,16H,7-8,10-13,19H2,1-3H3,(H,20,22);1H. The summed E-state index contributed by atoms with van der Waals surface area (Å²) in [6.45, 7) is 7.67. The summed E-state index contributed by atoms with van der Waals surface area (Å²) in [6, 6.07) is 8.30. The molecule has 0 spiro atoms. The van der Waals surface area contributed by atoms with Gasteiger partial charge in [-0.1, -0.05) is 38.1 Å². The van der Waals surface area contributed by atoms with Crippen LogP contribution in [-0.2, 0) is 22.7 Å². The number of likely N-dealkylation sites (tertiary alicyclic amines) is 1. The van der Waals surface area contributed by atoms with Crippen LogP contribution in [0.3, 0.4) is 0 Å². The van der Waals surface area contributed by atoms with Gasteiger partial charge in [-0.05, 0) is 23.0 Å². The van der Waals surface area contributed by atoms with Gasteiger partial charge in [-0.2, -0.15) is 0 Å². The molecule has 1 aliphatic rings. The molecule has 1 aromatic carbocycles. The van der Waals surface area contributed by atoms with E-state index in [-0.39, 0.29) is 29.8 Å². The van der Waals surface area contributed by atoms with E-state index < -0.39 is 0 Å². The Morgan fingerprint density at radius 3 is 2.79 bits per heavy atom. The SMILES string of the molecule is COCc1cccc(CNC(=O)CN2CCC(N)C(C)(C)C2)c1.Cl. The summed E-state index contributed by atoms with van der Waals surface area (Å²) in [7, 11) is 1.68. The summed E-state index contributed by atoms with van der Waals surface area (Å²) < 4.78 is 5.13. The number of hydrogen-bond acceptors (Lipinski definition) is 4.